The summed E-state index contributed by atoms with van der Waals surface area (Å²) in [5, 5.41) is 19.5. The maximum Gasteiger partial charge on any atom is 0.159 e. The van der Waals surface area contributed by atoms with Gasteiger partial charge >= 0.3 is 0 Å². The number of aromatic nitrogens is 12. The highest BCUT2D eigenvalue weighted by Crippen LogP contribution is 2.52. The lowest BCUT2D eigenvalue weighted by Crippen LogP contribution is -1.92. The standard InChI is InChI=1S/3C44H26N4/c1-7-32(33-17-20-35-36-9-2-5-28-6-3-10-37(41(28)36)38(35)26-33)25-34(8-1)40-22-19-30-14-13-29-18-21-39(47-42(29)43(30)48-40)27-11-15-31(16-12-27)44-45-23-4-24-46-44;1-3-30-11-12-32-17-21-36(37-22-18-31(4-1)40(30)41(32)37)27-5-7-28(8-6-27)38-23-19-33-13-14-34-20-24-39(48-43(34)42(33)47-38)29-9-15-35(16-10-29)44-45-25-2-26-46-44;1-2-9-35-34(8-1)37-11-4-10-36-33(20-21-38(35)41(36)37)27-12-14-28(15-13-27)39-22-18-29-16-17-30-19-23-40(48-43(30)42(29)47-39)31-6-3-7-32(26-31)44-45-24-5-25-46-44/h3*1-26H. The Bertz CT molecular complexity index is 10000. The molecule has 2 aliphatic rings. The molecule has 666 valence electrons. The first-order valence-electron chi connectivity index (χ1n) is 48.4. The molecule has 0 atom stereocenters. The van der Waals surface area contributed by atoms with Gasteiger partial charge in [0.25, 0.3) is 0 Å². The third-order valence-corrected chi connectivity index (χ3v) is 28.6. The van der Waals surface area contributed by atoms with E-state index in [4.69, 9.17) is 29.9 Å². The minimum absolute atomic E-state index is 0.696. The van der Waals surface area contributed by atoms with Crippen molar-refractivity contribution in [1.82, 2.24) is 59.8 Å². The second-order valence-electron chi connectivity index (χ2n) is 36.9. The van der Waals surface area contributed by atoms with E-state index in [0.717, 1.165) is 150 Å². The van der Waals surface area contributed by atoms with Crippen LogP contribution in [0.25, 0.3) is 299 Å². The normalized spacial score (nSPS) is 11.8. The number of nitrogens with zero attached hydrogens (tertiary/aromatic N) is 12. The molecule has 9 heterocycles. The van der Waals surface area contributed by atoms with Crippen molar-refractivity contribution in [1.29, 1.82) is 0 Å². The molecule has 0 N–H and O–H groups in total. The van der Waals surface area contributed by atoms with Crippen LogP contribution in [0.1, 0.15) is 0 Å². The number of rotatable bonds is 12. The van der Waals surface area contributed by atoms with Crippen molar-refractivity contribution in [2.24, 2.45) is 0 Å². The van der Waals surface area contributed by atoms with Gasteiger partial charge in [0.1, 0.15) is 0 Å². The van der Waals surface area contributed by atoms with E-state index in [0.29, 0.717) is 17.5 Å². The van der Waals surface area contributed by atoms with Gasteiger partial charge in [-0.2, -0.15) is 0 Å². The summed E-state index contributed by atoms with van der Waals surface area (Å²) in [5.41, 5.74) is 37.8. The Hall–Kier alpha value is -19.6. The Morgan fingerprint density at radius 3 is 0.819 bits per heavy atom. The average molecular weight is 1830 g/mol. The van der Waals surface area contributed by atoms with Crippen molar-refractivity contribution in [3.05, 3.63) is 474 Å². The maximum absolute atomic E-state index is 5.23. The van der Waals surface area contributed by atoms with E-state index >= 15 is 0 Å². The molecule has 0 radical (unpaired) electrons. The van der Waals surface area contributed by atoms with Crippen LogP contribution in [0.2, 0.25) is 0 Å². The third kappa shape index (κ3) is 14.5. The van der Waals surface area contributed by atoms with Crippen molar-refractivity contribution in [2.45, 2.75) is 0 Å². The van der Waals surface area contributed by atoms with Crippen molar-refractivity contribution < 1.29 is 0 Å². The predicted octanol–water partition coefficient (Wildman–Crippen LogP) is 33.2. The highest BCUT2D eigenvalue weighted by Gasteiger charge is 2.26. The zero-order chi connectivity index (χ0) is 94.8. The Labute approximate surface area is 826 Å². The molecule has 19 aromatic carbocycles. The molecule has 30 rings (SSSR count). The van der Waals surface area contributed by atoms with E-state index < -0.39 is 0 Å². The summed E-state index contributed by atoms with van der Waals surface area (Å²) >= 11 is 0. The predicted molar refractivity (Wildman–Crippen MR) is 591 cm³/mol. The monoisotopic (exact) mass is 1830 g/mol. The quantitative estimate of drug-likeness (QED) is 0.107. The topological polar surface area (TPSA) is 155 Å². The Balaban J connectivity index is 0.000000105. The smallest absolute Gasteiger partial charge is 0.159 e. The van der Waals surface area contributed by atoms with E-state index in [2.05, 4.69) is 412 Å². The molecule has 12 heteroatoms. The van der Waals surface area contributed by atoms with Crippen LogP contribution in [0.15, 0.2) is 474 Å². The zero-order valence-electron chi connectivity index (χ0n) is 77.4. The van der Waals surface area contributed by atoms with Crippen LogP contribution in [0.3, 0.4) is 0 Å². The fourth-order valence-electron chi connectivity index (χ4n) is 21.5. The molecule has 144 heavy (non-hydrogen) atoms. The Kier molecular flexibility index (Phi) is 19.7. The SMILES string of the molecule is c1cnc(-c2ccc(-c3ccc4ccc5ccc(-c6ccc(-c7ccc8ccc9cccc%10ccc7c8c9%10)cc6)nc5c4n3)cc2)nc1.c1cnc(-c2ccc(-c3ccc4ccc5ccc(-c6cccc(-c7ccc8c(c7)-c7cccc9cccc-8c79)c6)nc5c4n3)cc2)nc1.c1cnc(-c2cccc(-c3ccc4ccc5ccc(-c6ccc(-c7ccc8c9c(cccc79)-c7ccccc7-8)cc6)nc5c4n3)c2)nc1. The molecule has 2 aliphatic carbocycles. The van der Waals surface area contributed by atoms with Gasteiger partial charge in [-0.15, -0.1) is 0 Å². The molecule has 0 unspecified atom stereocenters. The third-order valence-electron chi connectivity index (χ3n) is 28.6. The Morgan fingerprint density at radius 2 is 0.375 bits per heavy atom. The van der Waals surface area contributed by atoms with Gasteiger partial charge < -0.3 is 0 Å². The minimum Gasteiger partial charge on any atom is -0.245 e. The van der Waals surface area contributed by atoms with E-state index in [1.54, 1.807) is 37.2 Å². The van der Waals surface area contributed by atoms with Crippen LogP contribution < -0.4 is 0 Å². The molecule has 0 bridgehead atoms. The zero-order valence-corrected chi connectivity index (χ0v) is 77.4. The molecule has 0 saturated carbocycles. The molecule has 0 aliphatic heterocycles. The summed E-state index contributed by atoms with van der Waals surface area (Å²) in [4.78, 5) is 57.4. The molecule has 9 aromatic heterocycles. The first-order valence-corrected chi connectivity index (χ1v) is 48.4. The van der Waals surface area contributed by atoms with Gasteiger partial charge in [-0.25, -0.2) is 59.8 Å². The second-order valence-corrected chi connectivity index (χ2v) is 36.9. The molecular formula is C132H78N12. The summed E-state index contributed by atoms with van der Waals surface area (Å²) in [5.74, 6) is 2.12. The van der Waals surface area contributed by atoms with Gasteiger partial charge in [0.15, 0.2) is 17.5 Å². The van der Waals surface area contributed by atoms with Gasteiger partial charge in [0.2, 0.25) is 0 Å². The second kappa shape index (κ2) is 34.3. The lowest BCUT2D eigenvalue weighted by Gasteiger charge is -2.14. The fourth-order valence-corrected chi connectivity index (χ4v) is 21.5. The average Bonchev–Trinajstić information content (AvgIpc) is 1.41. The van der Waals surface area contributed by atoms with Crippen LogP contribution in [0.5, 0.6) is 0 Å². The van der Waals surface area contributed by atoms with Crippen molar-refractivity contribution in [2.75, 3.05) is 0 Å². The van der Waals surface area contributed by atoms with Gasteiger partial charge in [-0.05, 0) is 205 Å². The van der Waals surface area contributed by atoms with Crippen LogP contribution >= 0.6 is 0 Å². The molecule has 0 saturated heterocycles. The van der Waals surface area contributed by atoms with E-state index in [1.165, 1.54) is 132 Å². The van der Waals surface area contributed by atoms with Crippen LogP contribution in [-0.2, 0) is 0 Å². The maximum atomic E-state index is 5.23. The van der Waals surface area contributed by atoms with E-state index in [-0.39, 0.29) is 0 Å². The highest BCUT2D eigenvalue weighted by atomic mass is 14.9. The Morgan fingerprint density at radius 1 is 0.118 bits per heavy atom. The summed E-state index contributed by atoms with van der Waals surface area (Å²) in [6.45, 7) is 0. The van der Waals surface area contributed by atoms with E-state index in [9.17, 15) is 0 Å². The molecule has 0 fully saturated rings. The molecular weight excluding hydrogens is 1750 g/mol. The number of hydrogen-bond acceptors (Lipinski definition) is 12. The first kappa shape index (κ1) is 82.7. The lowest BCUT2D eigenvalue weighted by atomic mass is 9.89. The van der Waals surface area contributed by atoms with Crippen LogP contribution in [0, 0.1) is 0 Å². The fraction of sp³-hybridized carbons (Fsp3) is 0. The largest absolute Gasteiger partial charge is 0.245 e. The van der Waals surface area contributed by atoms with Crippen molar-refractivity contribution in [3.63, 3.8) is 0 Å². The summed E-state index contributed by atoms with van der Waals surface area (Å²) in [6.07, 6.45) is 10.6. The van der Waals surface area contributed by atoms with Crippen LogP contribution in [-0.4, -0.2) is 59.8 Å². The lowest BCUT2D eigenvalue weighted by molar-refractivity contribution is 1.18. The summed E-state index contributed by atoms with van der Waals surface area (Å²) in [6, 6.07) is 155. The number of pyridine rings is 6. The molecule has 0 spiro atoms. The van der Waals surface area contributed by atoms with Gasteiger partial charge in [0.05, 0.1) is 67.3 Å². The number of fused-ring (bicyclic) bond motifs is 15. The number of hydrogen-bond donors (Lipinski definition) is 0. The molecule has 28 aromatic rings. The highest BCUT2D eigenvalue weighted by molar-refractivity contribution is 6.26. The van der Waals surface area contributed by atoms with Gasteiger partial charge in [-0.3, -0.25) is 0 Å². The summed E-state index contributed by atoms with van der Waals surface area (Å²) in [7, 11) is 0. The number of benzene rings is 19. The van der Waals surface area contributed by atoms with Gasteiger partial charge in [0, 0.05) is 120 Å². The van der Waals surface area contributed by atoms with Crippen LogP contribution in [0.4, 0.5) is 0 Å². The van der Waals surface area contributed by atoms with Crippen molar-refractivity contribution in [3.8, 4) is 180 Å². The van der Waals surface area contributed by atoms with Crippen molar-refractivity contribution >= 4 is 119 Å². The van der Waals surface area contributed by atoms with Gasteiger partial charge in [-0.1, -0.05) is 364 Å². The summed E-state index contributed by atoms with van der Waals surface area (Å²) < 4.78 is 0. The molecule has 12 nitrogen and oxygen atoms in total. The minimum atomic E-state index is 0.696. The first-order chi connectivity index (χ1) is 71.3. The van der Waals surface area contributed by atoms with E-state index in [1.807, 2.05) is 54.6 Å². The molecule has 0 amide bonds.